The summed E-state index contributed by atoms with van der Waals surface area (Å²) in [4.78, 5) is 5.74. The summed E-state index contributed by atoms with van der Waals surface area (Å²) in [6, 6.07) is 22.1. The van der Waals surface area contributed by atoms with Crippen LogP contribution >= 0.6 is 23.1 Å². The zero-order valence-corrected chi connectivity index (χ0v) is 19.0. The molecule has 0 atom stereocenters. The molecule has 0 bridgehead atoms. The quantitative estimate of drug-likeness (QED) is 0.264. The highest BCUT2D eigenvalue weighted by molar-refractivity contribution is 7.98. The highest BCUT2D eigenvalue weighted by atomic mass is 32.2. The second kappa shape index (κ2) is 9.42. The molecule has 0 unspecified atom stereocenters. The molecule has 32 heavy (non-hydrogen) atoms. The monoisotopic (exact) mass is 460 g/mol. The number of thioether (sulfide) groups is 1. The van der Waals surface area contributed by atoms with Gasteiger partial charge in [0.15, 0.2) is 11.0 Å². The molecule has 3 aromatic heterocycles. The van der Waals surface area contributed by atoms with Gasteiger partial charge in [-0.2, -0.15) is 0 Å². The smallest absolute Gasteiger partial charge is 0.226 e. The Bertz CT molecular complexity index is 1280. The fourth-order valence-electron chi connectivity index (χ4n) is 3.27. The maximum absolute atomic E-state index is 5.70. The Balaban J connectivity index is 1.36. The number of nitrogens with zero attached hydrogens (tertiary/aromatic N) is 4. The molecule has 6 nitrogen and oxygen atoms in total. The lowest BCUT2D eigenvalue weighted by Crippen LogP contribution is -2.03. The van der Waals surface area contributed by atoms with E-state index in [4.69, 9.17) is 9.15 Å². The van der Waals surface area contributed by atoms with E-state index in [1.54, 1.807) is 36.5 Å². The highest BCUT2D eigenvalue weighted by Crippen LogP contribution is 2.30. The summed E-state index contributed by atoms with van der Waals surface area (Å²) in [5.74, 6) is 2.91. The SMILES string of the molecule is COc1ccc(-c2nc(CSc3nnc(-c4cccs4)n3Cc3ccccc3)co2)cc1. The summed E-state index contributed by atoms with van der Waals surface area (Å²) in [5, 5.41) is 11.9. The summed E-state index contributed by atoms with van der Waals surface area (Å²) >= 11 is 3.27. The number of aromatic nitrogens is 4. The van der Waals surface area contributed by atoms with Gasteiger partial charge in [0.05, 0.1) is 24.2 Å². The molecular formula is C24H20N4O2S2. The van der Waals surface area contributed by atoms with Gasteiger partial charge < -0.3 is 9.15 Å². The van der Waals surface area contributed by atoms with Crippen LogP contribution in [0, 0.1) is 0 Å². The number of hydrogen-bond acceptors (Lipinski definition) is 7. The van der Waals surface area contributed by atoms with Crippen molar-refractivity contribution in [2.24, 2.45) is 0 Å². The van der Waals surface area contributed by atoms with Gasteiger partial charge in [0.1, 0.15) is 12.0 Å². The molecule has 5 rings (SSSR count). The zero-order valence-electron chi connectivity index (χ0n) is 17.3. The Hall–Kier alpha value is -3.36. The average molecular weight is 461 g/mol. The Morgan fingerprint density at radius 3 is 2.59 bits per heavy atom. The standard InChI is InChI=1S/C24H20N4O2S2/c1-29-20-11-9-18(10-12-20)23-25-19(15-30-23)16-32-24-27-26-22(21-8-5-13-31-21)28(24)14-17-6-3-2-4-7-17/h2-13,15H,14,16H2,1H3. The molecule has 0 aliphatic heterocycles. The van der Waals surface area contributed by atoms with Crippen LogP contribution in [0.1, 0.15) is 11.3 Å². The number of thiophene rings is 1. The third kappa shape index (κ3) is 4.46. The summed E-state index contributed by atoms with van der Waals surface area (Å²) in [6.45, 7) is 0.708. The van der Waals surface area contributed by atoms with Gasteiger partial charge in [-0.25, -0.2) is 4.98 Å². The minimum Gasteiger partial charge on any atom is -0.497 e. The second-order valence-corrected chi connectivity index (χ2v) is 8.91. The van der Waals surface area contributed by atoms with Crippen molar-refractivity contribution in [2.75, 3.05) is 7.11 Å². The van der Waals surface area contributed by atoms with Gasteiger partial charge in [0.2, 0.25) is 5.89 Å². The molecule has 0 spiro atoms. The maximum Gasteiger partial charge on any atom is 0.226 e. The van der Waals surface area contributed by atoms with Crippen LogP contribution in [0.4, 0.5) is 0 Å². The van der Waals surface area contributed by atoms with E-state index < -0.39 is 0 Å². The van der Waals surface area contributed by atoms with E-state index in [2.05, 4.69) is 43.3 Å². The molecule has 0 N–H and O–H groups in total. The first-order valence-electron chi connectivity index (χ1n) is 10.0. The van der Waals surface area contributed by atoms with Gasteiger partial charge in [-0.05, 0) is 41.3 Å². The lowest BCUT2D eigenvalue weighted by atomic mass is 10.2. The van der Waals surface area contributed by atoms with Crippen molar-refractivity contribution in [2.45, 2.75) is 17.5 Å². The summed E-state index contributed by atoms with van der Waals surface area (Å²) in [6.07, 6.45) is 1.70. The van der Waals surface area contributed by atoms with Crippen molar-refractivity contribution in [3.63, 3.8) is 0 Å². The van der Waals surface area contributed by atoms with Crippen LogP contribution in [0.2, 0.25) is 0 Å². The van der Waals surface area contributed by atoms with Crippen LogP contribution in [0.25, 0.3) is 22.2 Å². The van der Waals surface area contributed by atoms with Crippen LogP contribution in [-0.2, 0) is 12.3 Å². The van der Waals surface area contributed by atoms with E-state index in [9.17, 15) is 0 Å². The fourth-order valence-corrected chi connectivity index (χ4v) is 4.80. The lowest BCUT2D eigenvalue weighted by molar-refractivity contribution is 0.415. The van der Waals surface area contributed by atoms with Gasteiger partial charge in [-0.1, -0.05) is 48.2 Å². The zero-order chi connectivity index (χ0) is 21.8. The fraction of sp³-hybridized carbons (Fsp3) is 0.125. The Morgan fingerprint density at radius 1 is 1.00 bits per heavy atom. The van der Waals surface area contributed by atoms with Crippen molar-refractivity contribution in [1.82, 2.24) is 19.7 Å². The van der Waals surface area contributed by atoms with E-state index in [1.165, 1.54) is 5.56 Å². The van der Waals surface area contributed by atoms with Gasteiger partial charge in [0.25, 0.3) is 0 Å². The first-order valence-corrected chi connectivity index (χ1v) is 11.9. The maximum atomic E-state index is 5.70. The number of oxazole rings is 1. The first-order chi connectivity index (χ1) is 15.8. The highest BCUT2D eigenvalue weighted by Gasteiger charge is 2.17. The molecule has 0 radical (unpaired) electrons. The molecule has 0 saturated carbocycles. The average Bonchev–Trinajstić information content (AvgIpc) is 3.60. The summed E-state index contributed by atoms with van der Waals surface area (Å²) < 4.78 is 13.1. The molecule has 3 heterocycles. The molecule has 0 aliphatic carbocycles. The second-order valence-electron chi connectivity index (χ2n) is 7.02. The molecule has 160 valence electrons. The van der Waals surface area contributed by atoms with Crippen molar-refractivity contribution in [3.8, 4) is 27.9 Å². The lowest BCUT2D eigenvalue weighted by Gasteiger charge is -2.09. The van der Waals surface area contributed by atoms with Gasteiger partial charge >= 0.3 is 0 Å². The van der Waals surface area contributed by atoms with Crippen molar-refractivity contribution in [1.29, 1.82) is 0 Å². The minimum atomic E-state index is 0.591. The van der Waals surface area contributed by atoms with Crippen LogP contribution in [-0.4, -0.2) is 26.9 Å². The Kier molecular flexibility index (Phi) is 6.04. The van der Waals surface area contributed by atoms with Crippen molar-refractivity contribution in [3.05, 3.63) is 89.6 Å². The van der Waals surface area contributed by atoms with E-state index in [0.717, 1.165) is 32.9 Å². The number of benzene rings is 2. The number of rotatable bonds is 8. The van der Waals surface area contributed by atoms with Crippen LogP contribution in [0.3, 0.4) is 0 Å². The van der Waals surface area contributed by atoms with Crippen molar-refractivity contribution >= 4 is 23.1 Å². The molecular weight excluding hydrogens is 440 g/mol. The summed E-state index contributed by atoms with van der Waals surface area (Å²) in [7, 11) is 1.65. The van der Waals surface area contributed by atoms with Gasteiger partial charge in [-0.3, -0.25) is 4.57 Å². The molecule has 2 aromatic carbocycles. The van der Waals surface area contributed by atoms with Crippen LogP contribution in [0.15, 0.2) is 87.9 Å². The third-order valence-corrected chi connectivity index (χ3v) is 6.75. The van der Waals surface area contributed by atoms with Crippen molar-refractivity contribution < 1.29 is 9.15 Å². The molecule has 5 aromatic rings. The predicted molar refractivity (Wildman–Crippen MR) is 127 cm³/mol. The molecule has 8 heteroatoms. The van der Waals surface area contributed by atoms with E-state index in [-0.39, 0.29) is 0 Å². The number of hydrogen-bond donors (Lipinski definition) is 0. The topological polar surface area (TPSA) is 66.0 Å². The predicted octanol–water partition coefficient (Wildman–Crippen LogP) is 6.01. The Morgan fingerprint density at radius 2 is 1.84 bits per heavy atom. The molecule has 0 saturated heterocycles. The molecule has 0 fully saturated rings. The first kappa shape index (κ1) is 20.5. The molecule has 0 amide bonds. The largest absolute Gasteiger partial charge is 0.497 e. The number of ether oxygens (including phenoxy) is 1. The summed E-state index contributed by atoms with van der Waals surface area (Å²) in [5.41, 5.74) is 2.97. The van der Waals surface area contributed by atoms with Crippen LogP contribution in [0.5, 0.6) is 5.75 Å². The minimum absolute atomic E-state index is 0.591. The normalized spacial score (nSPS) is 11.0. The Labute approximate surface area is 193 Å². The van der Waals surface area contributed by atoms with Crippen LogP contribution < -0.4 is 4.74 Å². The van der Waals surface area contributed by atoms with E-state index >= 15 is 0 Å². The number of methoxy groups -OCH3 is 1. The van der Waals surface area contributed by atoms with E-state index in [0.29, 0.717) is 18.2 Å². The third-order valence-electron chi connectivity index (χ3n) is 4.88. The molecule has 0 aliphatic rings. The van der Waals surface area contributed by atoms with E-state index in [1.807, 2.05) is 48.5 Å². The van der Waals surface area contributed by atoms with Gasteiger partial charge in [-0.15, -0.1) is 21.5 Å². The van der Waals surface area contributed by atoms with Gasteiger partial charge in [0, 0.05) is 11.3 Å².